The van der Waals surface area contributed by atoms with E-state index in [2.05, 4.69) is 0 Å². The number of ketones is 2. The molecule has 0 saturated carbocycles. The summed E-state index contributed by atoms with van der Waals surface area (Å²) >= 11 is 0. The first-order valence-corrected chi connectivity index (χ1v) is 16.4. The summed E-state index contributed by atoms with van der Waals surface area (Å²) in [7, 11) is 1.33. The Morgan fingerprint density at radius 1 is 1.02 bits per heavy atom. The molecule has 1 fully saturated rings. The Bertz CT molecular complexity index is 1450. The van der Waals surface area contributed by atoms with Crippen molar-refractivity contribution in [3.8, 4) is 23.0 Å². The first kappa shape index (κ1) is 34.8. The highest BCUT2D eigenvalue weighted by atomic mass is 16.5. The molecule has 2 atom stereocenters. The molecule has 1 amide bonds. The molecular formula is C36H47NO9. The van der Waals surface area contributed by atoms with Gasteiger partial charge in [0.05, 0.1) is 37.9 Å². The maximum atomic E-state index is 13.3. The van der Waals surface area contributed by atoms with Crippen molar-refractivity contribution in [2.24, 2.45) is 0 Å². The smallest absolute Gasteiger partial charge is 0.328 e. The minimum absolute atomic E-state index is 0.0197. The van der Waals surface area contributed by atoms with Crippen molar-refractivity contribution in [3.63, 3.8) is 0 Å². The molecule has 10 nitrogen and oxygen atoms in total. The number of esters is 1. The maximum Gasteiger partial charge on any atom is 0.328 e. The molecule has 0 bridgehead atoms. The lowest BCUT2D eigenvalue weighted by Gasteiger charge is -2.37. The number of likely N-dealkylation sites (tertiary alicyclic amines) is 1. The highest BCUT2D eigenvalue weighted by molar-refractivity contribution is 6.01. The van der Waals surface area contributed by atoms with Gasteiger partial charge in [0.15, 0.2) is 11.6 Å². The van der Waals surface area contributed by atoms with Crippen LogP contribution < -0.4 is 14.2 Å². The third-order valence-electron chi connectivity index (χ3n) is 8.74. The molecule has 10 heteroatoms. The lowest BCUT2D eigenvalue weighted by molar-refractivity contribution is -0.151. The number of fused-ring (bicyclic) bond motifs is 1. The summed E-state index contributed by atoms with van der Waals surface area (Å²) in [6.07, 6.45) is 5.38. The molecule has 0 aromatic heterocycles. The molecule has 1 saturated heterocycles. The SMILES string of the molecule is CCCc1c(OCCCOc2ccc3c(c2CCC)OC(C)(CCC(=O)N2CCC[C@H]2C(=O)OC)CC3=O)ccc(C(C)=O)c1O. The normalized spacial score (nSPS) is 18.9. The fourth-order valence-electron chi connectivity index (χ4n) is 6.34. The van der Waals surface area contributed by atoms with Crippen LogP contribution in [0.25, 0.3) is 0 Å². The van der Waals surface area contributed by atoms with Gasteiger partial charge in [-0.3, -0.25) is 14.4 Å². The van der Waals surface area contributed by atoms with E-state index in [9.17, 15) is 24.3 Å². The Morgan fingerprint density at radius 2 is 1.67 bits per heavy atom. The molecule has 0 aliphatic carbocycles. The monoisotopic (exact) mass is 637 g/mol. The number of phenols is 1. The quantitative estimate of drug-likeness (QED) is 0.142. The van der Waals surface area contributed by atoms with Crippen LogP contribution in [0.1, 0.15) is 111 Å². The predicted molar refractivity (Wildman–Crippen MR) is 172 cm³/mol. The summed E-state index contributed by atoms with van der Waals surface area (Å²) in [4.78, 5) is 52.0. The highest BCUT2D eigenvalue weighted by Gasteiger charge is 2.40. The van der Waals surface area contributed by atoms with Crippen LogP contribution in [0, 0.1) is 0 Å². The first-order valence-electron chi connectivity index (χ1n) is 16.4. The van der Waals surface area contributed by atoms with E-state index >= 15 is 0 Å². The van der Waals surface area contributed by atoms with Gasteiger partial charge in [-0.25, -0.2) is 4.79 Å². The number of hydrogen-bond acceptors (Lipinski definition) is 9. The van der Waals surface area contributed by atoms with Gasteiger partial charge in [-0.1, -0.05) is 26.7 Å². The van der Waals surface area contributed by atoms with E-state index in [0.717, 1.165) is 24.8 Å². The maximum absolute atomic E-state index is 13.3. The van der Waals surface area contributed by atoms with Crippen LogP contribution in [0.3, 0.4) is 0 Å². The second kappa shape index (κ2) is 15.5. The summed E-state index contributed by atoms with van der Waals surface area (Å²) in [5, 5.41) is 10.6. The largest absolute Gasteiger partial charge is 0.507 e. The summed E-state index contributed by atoms with van der Waals surface area (Å²) < 4.78 is 23.6. The number of rotatable bonds is 15. The molecule has 2 aliphatic rings. The standard InChI is InChI=1S/C36H47NO9/c1-6-10-26-30(15-13-24(23(3)38)33(26)41)44-20-9-21-45-31-16-14-25-29(39)22-36(4,46-34(25)27(31)11-7-2)18-17-32(40)37-19-8-12-28(37)35(42)43-5/h13-16,28,41H,6-12,17-22H2,1-5H3/t28-,36?/m0/s1. The second-order valence-electron chi connectivity index (χ2n) is 12.4. The first-order chi connectivity index (χ1) is 22.0. The zero-order chi connectivity index (χ0) is 33.4. The van der Waals surface area contributed by atoms with E-state index < -0.39 is 17.6 Å². The van der Waals surface area contributed by atoms with Crippen molar-refractivity contribution in [1.29, 1.82) is 0 Å². The lowest BCUT2D eigenvalue weighted by Crippen LogP contribution is -2.44. The van der Waals surface area contributed by atoms with E-state index in [-0.39, 0.29) is 41.6 Å². The molecular weight excluding hydrogens is 590 g/mol. The van der Waals surface area contributed by atoms with Gasteiger partial charge >= 0.3 is 5.97 Å². The molecule has 0 radical (unpaired) electrons. The van der Waals surface area contributed by atoms with Crippen molar-refractivity contribution in [1.82, 2.24) is 4.90 Å². The molecule has 1 unspecified atom stereocenters. The summed E-state index contributed by atoms with van der Waals surface area (Å²) in [6.45, 7) is 8.55. The molecule has 4 rings (SSSR count). The Labute approximate surface area is 271 Å². The zero-order valence-corrected chi connectivity index (χ0v) is 27.7. The molecule has 1 N–H and O–H groups in total. The van der Waals surface area contributed by atoms with Gasteiger partial charge in [0.25, 0.3) is 0 Å². The van der Waals surface area contributed by atoms with Crippen LogP contribution in [-0.2, 0) is 27.2 Å². The van der Waals surface area contributed by atoms with E-state index in [1.54, 1.807) is 23.1 Å². The Hall–Kier alpha value is -4.08. The number of Topliss-reactive ketones (excluding diaryl/α,β-unsaturated/α-hetero) is 2. The number of nitrogens with zero attached hydrogens (tertiary/aromatic N) is 1. The van der Waals surface area contributed by atoms with Crippen LogP contribution in [0.15, 0.2) is 24.3 Å². The molecule has 250 valence electrons. The van der Waals surface area contributed by atoms with Crippen LogP contribution >= 0.6 is 0 Å². The van der Waals surface area contributed by atoms with Gasteiger partial charge in [0.1, 0.15) is 34.6 Å². The van der Waals surface area contributed by atoms with Crippen molar-refractivity contribution in [3.05, 3.63) is 46.5 Å². The Morgan fingerprint density at radius 3 is 2.33 bits per heavy atom. The van der Waals surface area contributed by atoms with Gasteiger partial charge < -0.3 is 29.0 Å². The van der Waals surface area contributed by atoms with Gasteiger partial charge in [0, 0.05) is 30.5 Å². The number of carbonyl (C=O) groups excluding carboxylic acids is 4. The van der Waals surface area contributed by atoms with Gasteiger partial charge in [-0.05, 0) is 70.2 Å². The van der Waals surface area contributed by atoms with Crippen LogP contribution in [0.2, 0.25) is 0 Å². The minimum Gasteiger partial charge on any atom is -0.507 e. The molecule has 2 aliphatic heterocycles. The summed E-state index contributed by atoms with van der Waals surface area (Å²) in [5.41, 5.74) is 1.38. The fourth-order valence-corrected chi connectivity index (χ4v) is 6.34. The highest BCUT2D eigenvalue weighted by Crippen LogP contribution is 2.42. The van der Waals surface area contributed by atoms with Crippen LogP contribution in [0.5, 0.6) is 23.0 Å². The molecule has 0 spiro atoms. The average Bonchev–Trinajstić information content (AvgIpc) is 3.52. The molecule has 2 heterocycles. The third-order valence-corrected chi connectivity index (χ3v) is 8.74. The van der Waals surface area contributed by atoms with E-state index in [4.69, 9.17) is 18.9 Å². The Balaban J connectivity index is 1.41. The topological polar surface area (TPSA) is 129 Å². The molecule has 46 heavy (non-hydrogen) atoms. The number of carbonyl (C=O) groups is 4. The van der Waals surface area contributed by atoms with Crippen molar-refractivity contribution in [2.45, 2.75) is 104 Å². The molecule has 2 aromatic rings. The number of aromatic hydroxyl groups is 1. The van der Waals surface area contributed by atoms with Crippen molar-refractivity contribution in [2.75, 3.05) is 26.9 Å². The number of phenolic OH excluding ortho intramolecular Hbond substituents is 1. The zero-order valence-electron chi connectivity index (χ0n) is 27.7. The van der Waals surface area contributed by atoms with Crippen LogP contribution in [-0.4, -0.2) is 72.0 Å². The number of benzene rings is 2. The van der Waals surface area contributed by atoms with Gasteiger partial charge in [-0.15, -0.1) is 0 Å². The number of amides is 1. The lowest BCUT2D eigenvalue weighted by atomic mass is 9.86. The predicted octanol–water partition coefficient (Wildman–Crippen LogP) is 6.02. The Kier molecular flexibility index (Phi) is 11.7. The van der Waals surface area contributed by atoms with Crippen molar-refractivity contribution >= 4 is 23.4 Å². The minimum atomic E-state index is -0.880. The fraction of sp³-hybridized carbons (Fsp3) is 0.556. The summed E-state index contributed by atoms with van der Waals surface area (Å²) in [6, 6.07) is 6.32. The van der Waals surface area contributed by atoms with Crippen molar-refractivity contribution < 1.29 is 43.2 Å². The molecule has 2 aromatic carbocycles. The van der Waals surface area contributed by atoms with Gasteiger partial charge in [-0.2, -0.15) is 0 Å². The third kappa shape index (κ3) is 7.82. The van der Waals surface area contributed by atoms with Crippen LogP contribution in [0.4, 0.5) is 0 Å². The van der Waals surface area contributed by atoms with E-state index in [1.165, 1.54) is 14.0 Å². The van der Waals surface area contributed by atoms with Gasteiger partial charge in [0.2, 0.25) is 5.91 Å². The average molecular weight is 638 g/mol. The number of methoxy groups -OCH3 is 1. The number of hydrogen-bond donors (Lipinski definition) is 1. The second-order valence-corrected chi connectivity index (χ2v) is 12.4. The summed E-state index contributed by atoms with van der Waals surface area (Å²) in [5.74, 6) is 0.913. The van der Waals surface area contributed by atoms with E-state index in [0.29, 0.717) is 80.2 Å². The number of ether oxygens (including phenoxy) is 4. The van der Waals surface area contributed by atoms with E-state index in [1.807, 2.05) is 26.8 Å².